The summed E-state index contributed by atoms with van der Waals surface area (Å²) in [4.78, 5) is 0. The molecule has 0 aromatic carbocycles. The van der Waals surface area contributed by atoms with E-state index in [2.05, 4.69) is 18.4 Å². The first kappa shape index (κ1) is 11.2. The molecule has 0 aromatic heterocycles. The molecule has 0 amide bonds. The summed E-state index contributed by atoms with van der Waals surface area (Å²) in [6.07, 6.45) is -0.406. The Bertz CT molecular complexity index is 180. The number of ether oxygens (including phenoxy) is 2. The minimum Gasteiger partial charge on any atom is -0.342 e. The highest BCUT2D eigenvalue weighted by molar-refractivity contribution is 5.23. The van der Waals surface area contributed by atoms with E-state index >= 15 is 0 Å². The Hall–Kier alpha value is -0.780. The van der Waals surface area contributed by atoms with Crippen molar-refractivity contribution in [3.05, 3.63) is 12.2 Å². The van der Waals surface area contributed by atoms with E-state index in [1.165, 1.54) is 0 Å². The molecule has 0 rings (SSSR count). The van der Waals surface area contributed by atoms with Crippen LogP contribution in [-0.2, 0) is 9.47 Å². The van der Waals surface area contributed by atoms with Crippen LogP contribution in [0.1, 0.15) is 20.8 Å². The third-order valence-electron chi connectivity index (χ3n) is 1.04. The lowest BCUT2D eigenvalue weighted by Crippen LogP contribution is -2.14. The number of hydrogen-bond acceptors (Lipinski definition) is 2. The smallest absolute Gasteiger partial charge is 0.222 e. The number of allylic oxidation sites excluding steroid dienone is 1. The Kier molecular flexibility index (Phi) is 6.45. The van der Waals surface area contributed by atoms with Gasteiger partial charge in [-0.05, 0) is 32.3 Å². The zero-order chi connectivity index (χ0) is 9.40. The quantitative estimate of drug-likeness (QED) is 0.472. The van der Waals surface area contributed by atoms with E-state index in [4.69, 9.17) is 9.47 Å². The van der Waals surface area contributed by atoms with Crippen molar-refractivity contribution in [2.24, 2.45) is 0 Å². The van der Waals surface area contributed by atoms with E-state index < -0.39 is 6.29 Å². The fourth-order valence-corrected chi connectivity index (χ4v) is 0.616. The van der Waals surface area contributed by atoms with Crippen LogP contribution < -0.4 is 0 Å². The number of hydrogen-bond donors (Lipinski definition) is 0. The zero-order valence-electron chi connectivity index (χ0n) is 8.02. The molecule has 0 aliphatic heterocycles. The monoisotopic (exact) mass is 168 g/mol. The minimum absolute atomic E-state index is 0.406. The summed E-state index contributed by atoms with van der Waals surface area (Å²) in [5.74, 6) is 5.65. The molecule has 0 unspecified atom stereocenters. The third-order valence-corrected chi connectivity index (χ3v) is 1.04. The van der Waals surface area contributed by atoms with E-state index in [0.717, 1.165) is 5.57 Å². The van der Waals surface area contributed by atoms with Crippen LogP contribution in [0.4, 0.5) is 0 Å². The van der Waals surface area contributed by atoms with Crippen LogP contribution in [0.5, 0.6) is 0 Å². The fraction of sp³-hybridized carbons (Fsp3) is 0.600. The van der Waals surface area contributed by atoms with Crippen molar-refractivity contribution < 1.29 is 9.47 Å². The first-order valence-electron chi connectivity index (χ1n) is 4.11. The highest BCUT2D eigenvalue weighted by atomic mass is 16.7. The second-order valence-corrected chi connectivity index (χ2v) is 2.29. The van der Waals surface area contributed by atoms with Crippen molar-refractivity contribution in [1.82, 2.24) is 0 Å². The van der Waals surface area contributed by atoms with Crippen molar-refractivity contribution in [3.8, 4) is 11.8 Å². The van der Waals surface area contributed by atoms with Crippen molar-refractivity contribution in [3.63, 3.8) is 0 Å². The van der Waals surface area contributed by atoms with Crippen LogP contribution in [-0.4, -0.2) is 19.5 Å². The summed E-state index contributed by atoms with van der Waals surface area (Å²) >= 11 is 0. The maximum absolute atomic E-state index is 5.20. The van der Waals surface area contributed by atoms with Crippen LogP contribution in [0.2, 0.25) is 0 Å². The largest absolute Gasteiger partial charge is 0.342 e. The van der Waals surface area contributed by atoms with Gasteiger partial charge in [-0.2, -0.15) is 0 Å². The van der Waals surface area contributed by atoms with Gasteiger partial charge in [0, 0.05) is 13.2 Å². The van der Waals surface area contributed by atoms with E-state index in [-0.39, 0.29) is 0 Å². The van der Waals surface area contributed by atoms with Gasteiger partial charge in [-0.1, -0.05) is 12.5 Å². The molecule has 0 aromatic rings. The lowest BCUT2D eigenvalue weighted by molar-refractivity contribution is -0.0969. The van der Waals surface area contributed by atoms with Crippen molar-refractivity contribution in [2.75, 3.05) is 13.2 Å². The summed E-state index contributed by atoms with van der Waals surface area (Å²) in [5.41, 5.74) is 0.819. The predicted octanol–water partition coefficient (Wildman–Crippen LogP) is 1.96. The van der Waals surface area contributed by atoms with Gasteiger partial charge in [0.1, 0.15) is 0 Å². The molecule has 0 aliphatic rings. The molecule has 0 N–H and O–H groups in total. The normalized spacial score (nSPS) is 9.33. The molecule has 0 aliphatic carbocycles. The molecule has 0 spiro atoms. The standard InChI is InChI=1S/C10H16O2/c1-5-11-10(12-6-2)8-7-9(3)4/h10H,3,5-6H2,1-2,4H3. The molecule has 2 nitrogen and oxygen atoms in total. The van der Waals surface area contributed by atoms with Gasteiger partial charge in [0.25, 0.3) is 0 Å². The second-order valence-electron chi connectivity index (χ2n) is 2.29. The van der Waals surface area contributed by atoms with Gasteiger partial charge in [-0.15, -0.1) is 0 Å². The van der Waals surface area contributed by atoms with Crippen LogP contribution in [0.3, 0.4) is 0 Å². The van der Waals surface area contributed by atoms with Crippen molar-refractivity contribution in [2.45, 2.75) is 27.1 Å². The molecule has 2 heteroatoms. The lowest BCUT2D eigenvalue weighted by atomic mass is 10.3. The van der Waals surface area contributed by atoms with Crippen LogP contribution in [0, 0.1) is 11.8 Å². The average Bonchev–Trinajstić information content (AvgIpc) is 2.01. The molecule has 0 saturated carbocycles. The fourth-order valence-electron chi connectivity index (χ4n) is 0.616. The Balaban J connectivity index is 3.95. The van der Waals surface area contributed by atoms with E-state index in [1.54, 1.807) is 0 Å². The molecule has 0 saturated heterocycles. The Morgan fingerprint density at radius 1 is 1.33 bits per heavy atom. The van der Waals surface area contributed by atoms with Crippen molar-refractivity contribution >= 4 is 0 Å². The minimum atomic E-state index is -0.406. The molecular weight excluding hydrogens is 152 g/mol. The van der Waals surface area contributed by atoms with Gasteiger partial charge in [-0.3, -0.25) is 0 Å². The molecular formula is C10H16O2. The lowest BCUT2D eigenvalue weighted by Gasteiger charge is -2.09. The molecule has 0 atom stereocenters. The Labute approximate surface area is 74.6 Å². The zero-order valence-corrected chi connectivity index (χ0v) is 8.02. The van der Waals surface area contributed by atoms with Crippen LogP contribution in [0.15, 0.2) is 12.2 Å². The van der Waals surface area contributed by atoms with Gasteiger partial charge in [0.15, 0.2) is 0 Å². The van der Waals surface area contributed by atoms with Gasteiger partial charge in [0.2, 0.25) is 6.29 Å². The third kappa shape index (κ3) is 5.96. The van der Waals surface area contributed by atoms with Gasteiger partial charge in [-0.25, -0.2) is 0 Å². The maximum atomic E-state index is 5.20. The van der Waals surface area contributed by atoms with Crippen LogP contribution in [0.25, 0.3) is 0 Å². The predicted molar refractivity (Wildman–Crippen MR) is 49.6 cm³/mol. The Morgan fingerprint density at radius 2 is 1.83 bits per heavy atom. The topological polar surface area (TPSA) is 18.5 Å². The summed E-state index contributed by atoms with van der Waals surface area (Å²) < 4.78 is 10.4. The van der Waals surface area contributed by atoms with E-state index in [0.29, 0.717) is 13.2 Å². The van der Waals surface area contributed by atoms with Gasteiger partial charge < -0.3 is 9.47 Å². The first-order chi connectivity index (χ1) is 5.70. The molecule has 0 heterocycles. The molecule has 0 fully saturated rings. The molecule has 0 radical (unpaired) electrons. The Morgan fingerprint density at radius 3 is 2.17 bits per heavy atom. The maximum Gasteiger partial charge on any atom is 0.222 e. The van der Waals surface area contributed by atoms with Gasteiger partial charge in [0.05, 0.1) is 0 Å². The number of rotatable bonds is 4. The average molecular weight is 168 g/mol. The van der Waals surface area contributed by atoms with E-state index in [1.807, 2.05) is 20.8 Å². The summed E-state index contributed by atoms with van der Waals surface area (Å²) in [6, 6.07) is 0. The van der Waals surface area contributed by atoms with Gasteiger partial charge >= 0.3 is 0 Å². The summed E-state index contributed by atoms with van der Waals surface area (Å²) in [5, 5.41) is 0. The second kappa shape index (κ2) is 6.90. The molecule has 0 bridgehead atoms. The SMILES string of the molecule is C=C(C)C#CC(OCC)OCC. The molecule has 12 heavy (non-hydrogen) atoms. The highest BCUT2D eigenvalue weighted by Gasteiger charge is 2.00. The van der Waals surface area contributed by atoms with Crippen LogP contribution >= 0.6 is 0 Å². The van der Waals surface area contributed by atoms with E-state index in [9.17, 15) is 0 Å². The first-order valence-corrected chi connectivity index (χ1v) is 4.11. The van der Waals surface area contributed by atoms with Crippen molar-refractivity contribution in [1.29, 1.82) is 0 Å². The summed E-state index contributed by atoms with van der Waals surface area (Å²) in [7, 11) is 0. The summed E-state index contributed by atoms with van der Waals surface area (Å²) in [6.45, 7) is 10.5. The molecule has 68 valence electrons. The highest BCUT2D eigenvalue weighted by Crippen LogP contribution is 1.93.